The van der Waals surface area contributed by atoms with E-state index < -0.39 is 17.0 Å². The second-order valence-electron chi connectivity index (χ2n) is 6.30. The third kappa shape index (κ3) is 3.98. The van der Waals surface area contributed by atoms with Crippen molar-refractivity contribution < 1.29 is 19.2 Å². The van der Waals surface area contributed by atoms with E-state index >= 15 is 0 Å². The molecule has 0 aliphatic rings. The molecule has 2 aromatic carbocycles. The molecule has 0 spiro atoms. The van der Waals surface area contributed by atoms with Gasteiger partial charge in [0.15, 0.2) is 6.10 Å². The molecular formula is C21H18N2O5. The number of Topliss-reactive ketones (excluding diaryl/α,β-unsaturated/α-hetero) is 1. The molecule has 1 aromatic heterocycles. The van der Waals surface area contributed by atoms with Crippen molar-refractivity contribution in [3.05, 3.63) is 81.5 Å². The maximum absolute atomic E-state index is 12.8. The lowest BCUT2D eigenvalue weighted by atomic mass is 10.0. The van der Waals surface area contributed by atoms with Crippen molar-refractivity contribution in [2.45, 2.75) is 20.0 Å². The van der Waals surface area contributed by atoms with Crippen LogP contribution in [0.5, 0.6) is 0 Å². The van der Waals surface area contributed by atoms with E-state index in [4.69, 9.17) is 4.74 Å². The third-order valence-electron chi connectivity index (χ3n) is 4.30. The topological polar surface area (TPSA) is 102 Å². The number of fused-ring (bicyclic) bond motifs is 1. The summed E-state index contributed by atoms with van der Waals surface area (Å²) in [5.41, 5.74) is 2.46. The van der Waals surface area contributed by atoms with E-state index in [0.717, 1.165) is 17.0 Å². The van der Waals surface area contributed by atoms with Gasteiger partial charge in [-0.05, 0) is 31.6 Å². The molecule has 0 bridgehead atoms. The number of nitro benzene ring substituents is 1. The van der Waals surface area contributed by atoms with E-state index in [9.17, 15) is 19.7 Å². The van der Waals surface area contributed by atoms with E-state index in [1.165, 1.54) is 31.2 Å². The average molecular weight is 378 g/mol. The Morgan fingerprint density at radius 1 is 1.18 bits per heavy atom. The molecule has 0 saturated carbocycles. The van der Waals surface area contributed by atoms with E-state index in [2.05, 4.69) is 4.98 Å². The first-order valence-electron chi connectivity index (χ1n) is 8.61. The fourth-order valence-electron chi connectivity index (χ4n) is 2.97. The van der Waals surface area contributed by atoms with Crippen molar-refractivity contribution in [2.75, 3.05) is 0 Å². The molecule has 0 aliphatic heterocycles. The van der Waals surface area contributed by atoms with Crippen LogP contribution in [0.25, 0.3) is 17.0 Å². The van der Waals surface area contributed by atoms with Crippen LogP contribution in [0.4, 0.5) is 5.69 Å². The van der Waals surface area contributed by atoms with Gasteiger partial charge in [0.05, 0.1) is 4.92 Å². The standard InChI is InChI=1S/C21H18N2O5/c1-13-20(17-8-3-4-9-18(17)22-13)21(25)14(2)28-19(24)11-10-15-6-5-7-16(12-15)23(26)27/h3-12,14,22H,1-2H3/b11-10+/t14-/m1/s1. The Morgan fingerprint density at radius 3 is 2.68 bits per heavy atom. The number of nitrogens with zero attached hydrogens (tertiary/aromatic N) is 1. The number of ketones is 1. The molecule has 1 heterocycles. The second-order valence-corrected chi connectivity index (χ2v) is 6.30. The molecular weight excluding hydrogens is 360 g/mol. The summed E-state index contributed by atoms with van der Waals surface area (Å²) >= 11 is 0. The molecule has 0 saturated heterocycles. The first-order chi connectivity index (χ1) is 13.4. The minimum atomic E-state index is -0.972. The summed E-state index contributed by atoms with van der Waals surface area (Å²) < 4.78 is 5.22. The first-order valence-corrected chi connectivity index (χ1v) is 8.61. The van der Waals surface area contributed by atoms with E-state index in [1.807, 2.05) is 24.3 Å². The number of hydrogen-bond acceptors (Lipinski definition) is 5. The zero-order valence-corrected chi connectivity index (χ0v) is 15.3. The zero-order valence-electron chi connectivity index (χ0n) is 15.3. The van der Waals surface area contributed by atoms with Crippen molar-refractivity contribution in [3.8, 4) is 0 Å². The Kier molecular flexibility index (Phi) is 5.35. The number of para-hydroxylation sites is 1. The van der Waals surface area contributed by atoms with Crippen LogP contribution in [0.3, 0.4) is 0 Å². The van der Waals surface area contributed by atoms with Crippen LogP contribution >= 0.6 is 0 Å². The lowest BCUT2D eigenvalue weighted by molar-refractivity contribution is -0.384. The third-order valence-corrected chi connectivity index (χ3v) is 4.30. The Labute approximate surface area is 160 Å². The number of hydrogen-bond donors (Lipinski definition) is 1. The van der Waals surface area contributed by atoms with E-state index in [0.29, 0.717) is 16.8 Å². The van der Waals surface area contributed by atoms with Crippen LogP contribution in [-0.2, 0) is 9.53 Å². The summed E-state index contributed by atoms with van der Waals surface area (Å²) in [4.78, 5) is 38.3. The van der Waals surface area contributed by atoms with Gasteiger partial charge in [-0.1, -0.05) is 30.3 Å². The molecule has 0 fully saturated rings. The van der Waals surface area contributed by atoms with Crippen molar-refractivity contribution in [1.82, 2.24) is 4.98 Å². The Hall–Kier alpha value is -3.74. The summed E-state index contributed by atoms with van der Waals surface area (Å²) in [6.45, 7) is 3.31. The maximum atomic E-state index is 12.8. The molecule has 7 nitrogen and oxygen atoms in total. The molecule has 3 rings (SSSR count). The summed E-state index contributed by atoms with van der Waals surface area (Å²) in [5.74, 6) is -1.00. The molecule has 0 unspecified atom stereocenters. The van der Waals surface area contributed by atoms with Gasteiger partial charge in [-0.2, -0.15) is 0 Å². The van der Waals surface area contributed by atoms with Gasteiger partial charge in [0.1, 0.15) is 0 Å². The van der Waals surface area contributed by atoms with Gasteiger partial charge in [-0.15, -0.1) is 0 Å². The average Bonchev–Trinajstić information content (AvgIpc) is 3.01. The highest BCUT2D eigenvalue weighted by molar-refractivity contribution is 6.11. The van der Waals surface area contributed by atoms with Crippen LogP contribution in [0.15, 0.2) is 54.6 Å². The number of rotatable bonds is 6. The number of benzene rings is 2. The molecule has 142 valence electrons. The zero-order chi connectivity index (χ0) is 20.3. The van der Waals surface area contributed by atoms with Gasteiger partial charge < -0.3 is 9.72 Å². The number of carbonyl (C=O) groups excluding carboxylic acids is 2. The molecule has 0 aliphatic carbocycles. The molecule has 28 heavy (non-hydrogen) atoms. The van der Waals surface area contributed by atoms with Gasteiger partial charge in [0.25, 0.3) is 5.69 Å². The number of aromatic amines is 1. The number of carbonyl (C=O) groups is 2. The number of ether oxygens (including phenoxy) is 1. The van der Waals surface area contributed by atoms with E-state index in [1.54, 1.807) is 13.0 Å². The van der Waals surface area contributed by atoms with Crippen molar-refractivity contribution in [2.24, 2.45) is 0 Å². The lowest BCUT2D eigenvalue weighted by Gasteiger charge is -2.11. The molecule has 7 heteroatoms. The Balaban J connectivity index is 1.71. The van der Waals surface area contributed by atoms with Crippen LogP contribution < -0.4 is 0 Å². The summed E-state index contributed by atoms with van der Waals surface area (Å²) in [5, 5.41) is 11.6. The van der Waals surface area contributed by atoms with Gasteiger partial charge in [-0.25, -0.2) is 4.79 Å². The normalized spacial score (nSPS) is 12.2. The minimum absolute atomic E-state index is 0.0751. The number of aromatic nitrogens is 1. The highest BCUT2D eigenvalue weighted by Crippen LogP contribution is 2.24. The second kappa shape index (κ2) is 7.87. The van der Waals surface area contributed by atoms with Crippen LogP contribution in [0.1, 0.15) is 28.5 Å². The quantitative estimate of drug-likeness (QED) is 0.228. The summed E-state index contributed by atoms with van der Waals surface area (Å²) in [7, 11) is 0. The SMILES string of the molecule is Cc1[nH]c2ccccc2c1C(=O)[C@@H](C)OC(=O)/C=C/c1cccc([N+](=O)[O-])c1. The maximum Gasteiger partial charge on any atom is 0.331 e. The molecule has 0 amide bonds. The summed E-state index contributed by atoms with van der Waals surface area (Å²) in [6, 6.07) is 13.3. The number of nitrogens with one attached hydrogen (secondary N) is 1. The van der Waals surface area contributed by atoms with Crippen LogP contribution in [0.2, 0.25) is 0 Å². The highest BCUT2D eigenvalue weighted by atomic mass is 16.6. The molecule has 3 aromatic rings. The van der Waals surface area contributed by atoms with Crippen LogP contribution in [0, 0.1) is 17.0 Å². The van der Waals surface area contributed by atoms with Gasteiger partial charge in [0, 0.05) is 40.4 Å². The molecule has 0 radical (unpaired) electrons. The van der Waals surface area contributed by atoms with Gasteiger partial charge in [-0.3, -0.25) is 14.9 Å². The van der Waals surface area contributed by atoms with Gasteiger partial charge in [0.2, 0.25) is 5.78 Å². The number of non-ortho nitro benzene ring substituents is 1. The predicted molar refractivity (Wildman–Crippen MR) is 105 cm³/mol. The fraction of sp³-hybridized carbons (Fsp3) is 0.143. The largest absolute Gasteiger partial charge is 0.451 e. The number of esters is 1. The number of nitro groups is 1. The highest BCUT2D eigenvalue weighted by Gasteiger charge is 2.23. The first kappa shape index (κ1) is 19.0. The lowest BCUT2D eigenvalue weighted by Crippen LogP contribution is -2.24. The van der Waals surface area contributed by atoms with Crippen molar-refractivity contribution >= 4 is 34.4 Å². The molecule has 1 N–H and O–H groups in total. The number of aryl methyl sites for hydroxylation is 1. The van der Waals surface area contributed by atoms with Crippen molar-refractivity contribution in [3.63, 3.8) is 0 Å². The number of H-pyrrole nitrogens is 1. The summed E-state index contributed by atoms with van der Waals surface area (Å²) in [6.07, 6.45) is 1.58. The van der Waals surface area contributed by atoms with Crippen LogP contribution in [-0.4, -0.2) is 27.8 Å². The smallest absolute Gasteiger partial charge is 0.331 e. The molecule has 1 atom stereocenters. The monoisotopic (exact) mass is 378 g/mol. The minimum Gasteiger partial charge on any atom is -0.451 e. The Bertz CT molecular complexity index is 1100. The predicted octanol–water partition coefficient (Wildman–Crippen LogP) is 4.21. The fourth-order valence-corrected chi connectivity index (χ4v) is 2.97. The van der Waals surface area contributed by atoms with Gasteiger partial charge >= 0.3 is 5.97 Å². The Morgan fingerprint density at radius 2 is 1.93 bits per heavy atom. The van der Waals surface area contributed by atoms with Crippen molar-refractivity contribution in [1.29, 1.82) is 0 Å². The van der Waals surface area contributed by atoms with E-state index in [-0.39, 0.29) is 11.5 Å².